The summed E-state index contributed by atoms with van der Waals surface area (Å²) in [4.78, 5) is 12.2. The summed E-state index contributed by atoms with van der Waals surface area (Å²) in [6.07, 6.45) is 0. The highest BCUT2D eigenvalue weighted by Gasteiger charge is 2.08. The highest BCUT2D eigenvalue weighted by molar-refractivity contribution is 6.06. The van der Waals surface area contributed by atoms with Crippen molar-refractivity contribution in [1.82, 2.24) is 0 Å². The van der Waals surface area contributed by atoms with E-state index in [1.165, 1.54) is 0 Å². The van der Waals surface area contributed by atoms with Gasteiger partial charge in [0.05, 0.1) is 0 Å². The molecule has 0 bridgehead atoms. The van der Waals surface area contributed by atoms with Crippen LogP contribution in [0.5, 0.6) is 5.75 Å². The lowest BCUT2D eigenvalue weighted by molar-refractivity contribution is 0.102. The minimum Gasteiger partial charge on any atom is -0.507 e. The SMILES string of the molecule is Cc1cc(O)c2ccc(NC(=O)c3cccc(N)c3)cc2c1. The largest absolute Gasteiger partial charge is 0.507 e. The number of carbonyl (C=O) groups is 1. The third-order valence-corrected chi connectivity index (χ3v) is 3.48. The number of hydrogen-bond donors (Lipinski definition) is 3. The summed E-state index contributed by atoms with van der Waals surface area (Å²) >= 11 is 0. The van der Waals surface area contributed by atoms with Gasteiger partial charge in [0.2, 0.25) is 0 Å². The van der Waals surface area contributed by atoms with Gasteiger partial charge in [-0.2, -0.15) is 0 Å². The van der Waals surface area contributed by atoms with Gasteiger partial charge in [-0.3, -0.25) is 4.79 Å². The van der Waals surface area contributed by atoms with Gasteiger partial charge in [-0.1, -0.05) is 12.1 Å². The first kappa shape index (κ1) is 13.9. The molecule has 4 N–H and O–H groups in total. The predicted octanol–water partition coefficient (Wildman–Crippen LogP) is 3.69. The molecule has 3 rings (SSSR count). The van der Waals surface area contributed by atoms with Gasteiger partial charge in [0.25, 0.3) is 5.91 Å². The first-order chi connectivity index (χ1) is 10.5. The van der Waals surface area contributed by atoms with Gasteiger partial charge in [-0.05, 0) is 60.3 Å². The minimum atomic E-state index is -0.219. The molecule has 0 aliphatic carbocycles. The number of benzene rings is 3. The van der Waals surface area contributed by atoms with Crippen molar-refractivity contribution >= 4 is 28.1 Å². The van der Waals surface area contributed by atoms with Crippen molar-refractivity contribution in [3.8, 4) is 5.75 Å². The van der Waals surface area contributed by atoms with Crippen LogP contribution in [0.1, 0.15) is 15.9 Å². The Balaban J connectivity index is 1.92. The van der Waals surface area contributed by atoms with Crippen LogP contribution < -0.4 is 11.1 Å². The number of anilines is 2. The Morgan fingerprint density at radius 3 is 2.68 bits per heavy atom. The molecule has 0 spiro atoms. The predicted molar refractivity (Wildman–Crippen MR) is 89.2 cm³/mol. The third-order valence-electron chi connectivity index (χ3n) is 3.48. The number of aromatic hydroxyl groups is 1. The van der Waals surface area contributed by atoms with Crippen molar-refractivity contribution in [1.29, 1.82) is 0 Å². The first-order valence-electron chi connectivity index (χ1n) is 6.93. The molecule has 0 unspecified atom stereocenters. The van der Waals surface area contributed by atoms with Crippen molar-refractivity contribution in [3.63, 3.8) is 0 Å². The molecule has 3 aromatic rings. The molecule has 110 valence electrons. The molecule has 0 radical (unpaired) electrons. The standard InChI is InChI=1S/C18H16N2O2/c1-11-7-13-10-15(5-6-16(13)17(21)8-11)20-18(22)12-3-2-4-14(19)9-12/h2-10,21H,19H2,1H3,(H,20,22). The number of amides is 1. The van der Waals surface area contributed by atoms with E-state index in [0.717, 1.165) is 16.3 Å². The molecule has 4 heteroatoms. The molecule has 4 nitrogen and oxygen atoms in total. The average molecular weight is 292 g/mol. The van der Waals surface area contributed by atoms with E-state index in [0.29, 0.717) is 16.9 Å². The second-order valence-electron chi connectivity index (χ2n) is 5.30. The molecule has 3 aromatic carbocycles. The summed E-state index contributed by atoms with van der Waals surface area (Å²) in [5.41, 5.74) is 8.38. The van der Waals surface area contributed by atoms with Crippen LogP contribution in [0.2, 0.25) is 0 Å². The lowest BCUT2D eigenvalue weighted by atomic mass is 10.1. The molecule has 0 saturated carbocycles. The number of rotatable bonds is 2. The number of nitrogens with one attached hydrogen (secondary N) is 1. The summed E-state index contributed by atoms with van der Waals surface area (Å²) in [6.45, 7) is 1.91. The van der Waals surface area contributed by atoms with E-state index in [1.54, 1.807) is 42.5 Å². The van der Waals surface area contributed by atoms with Gasteiger partial charge in [-0.25, -0.2) is 0 Å². The van der Waals surface area contributed by atoms with Crippen molar-refractivity contribution in [3.05, 3.63) is 65.7 Å². The maximum Gasteiger partial charge on any atom is 0.255 e. The second-order valence-corrected chi connectivity index (χ2v) is 5.30. The van der Waals surface area contributed by atoms with Gasteiger partial charge in [0.15, 0.2) is 0 Å². The maximum absolute atomic E-state index is 12.2. The molecular formula is C18H16N2O2. The molecule has 1 amide bonds. The third kappa shape index (κ3) is 2.72. The van der Waals surface area contributed by atoms with Crippen LogP contribution in [0.4, 0.5) is 11.4 Å². The van der Waals surface area contributed by atoms with Crippen LogP contribution in [-0.2, 0) is 0 Å². The summed E-state index contributed by atoms with van der Waals surface area (Å²) in [6, 6.07) is 15.9. The monoisotopic (exact) mass is 292 g/mol. The van der Waals surface area contributed by atoms with Gasteiger partial charge < -0.3 is 16.2 Å². The van der Waals surface area contributed by atoms with E-state index in [1.807, 2.05) is 19.1 Å². The fraction of sp³-hybridized carbons (Fsp3) is 0.0556. The van der Waals surface area contributed by atoms with Crippen molar-refractivity contribution in [2.75, 3.05) is 11.1 Å². The number of nitrogens with two attached hydrogens (primary N) is 1. The zero-order valence-corrected chi connectivity index (χ0v) is 12.1. The highest BCUT2D eigenvalue weighted by atomic mass is 16.3. The molecule has 0 aliphatic rings. The van der Waals surface area contributed by atoms with Crippen molar-refractivity contribution in [2.24, 2.45) is 0 Å². The van der Waals surface area contributed by atoms with Crippen molar-refractivity contribution < 1.29 is 9.90 Å². The van der Waals surface area contributed by atoms with Gasteiger partial charge in [-0.15, -0.1) is 0 Å². The molecule has 0 aromatic heterocycles. The number of fused-ring (bicyclic) bond motifs is 1. The molecule has 0 fully saturated rings. The molecule has 0 saturated heterocycles. The van der Waals surface area contributed by atoms with Gasteiger partial charge >= 0.3 is 0 Å². The van der Waals surface area contributed by atoms with Crippen LogP contribution in [0.15, 0.2) is 54.6 Å². The average Bonchev–Trinajstić information content (AvgIpc) is 2.46. The molecule has 0 aliphatic heterocycles. The van der Waals surface area contributed by atoms with E-state index in [4.69, 9.17) is 5.73 Å². The van der Waals surface area contributed by atoms with Crippen LogP contribution in [-0.4, -0.2) is 11.0 Å². The fourth-order valence-electron chi connectivity index (χ4n) is 2.46. The zero-order valence-electron chi connectivity index (χ0n) is 12.1. The molecule has 0 heterocycles. The van der Waals surface area contributed by atoms with E-state index in [9.17, 15) is 9.90 Å². The zero-order chi connectivity index (χ0) is 15.7. The number of nitrogen functional groups attached to an aromatic ring is 1. The molecular weight excluding hydrogens is 276 g/mol. The smallest absolute Gasteiger partial charge is 0.255 e. The Labute approximate surface area is 128 Å². The van der Waals surface area contributed by atoms with Crippen molar-refractivity contribution in [2.45, 2.75) is 6.92 Å². The molecule has 22 heavy (non-hydrogen) atoms. The first-order valence-corrected chi connectivity index (χ1v) is 6.93. The molecule has 0 atom stereocenters. The summed E-state index contributed by atoms with van der Waals surface area (Å²) in [5, 5.41) is 14.4. The minimum absolute atomic E-state index is 0.219. The van der Waals surface area contributed by atoms with Crippen LogP contribution in [0.3, 0.4) is 0 Å². The van der Waals surface area contributed by atoms with E-state index in [2.05, 4.69) is 5.32 Å². The summed E-state index contributed by atoms with van der Waals surface area (Å²) in [5.74, 6) is 0.0206. The van der Waals surface area contributed by atoms with E-state index < -0.39 is 0 Å². The lowest BCUT2D eigenvalue weighted by Crippen LogP contribution is -2.12. The Morgan fingerprint density at radius 2 is 1.91 bits per heavy atom. The summed E-state index contributed by atoms with van der Waals surface area (Å²) in [7, 11) is 0. The normalized spacial score (nSPS) is 10.6. The Bertz CT molecular complexity index is 872. The number of phenols is 1. The number of carbonyl (C=O) groups excluding carboxylic acids is 1. The topological polar surface area (TPSA) is 75.3 Å². The number of aryl methyl sites for hydroxylation is 1. The quantitative estimate of drug-likeness (QED) is 0.630. The Morgan fingerprint density at radius 1 is 1.09 bits per heavy atom. The van der Waals surface area contributed by atoms with Crippen LogP contribution >= 0.6 is 0 Å². The fourth-order valence-corrected chi connectivity index (χ4v) is 2.46. The van der Waals surface area contributed by atoms with Gasteiger partial charge in [0, 0.05) is 22.3 Å². The Hall–Kier alpha value is -3.01. The van der Waals surface area contributed by atoms with Crippen LogP contribution in [0.25, 0.3) is 10.8 Å². The van der Waals surface area contributed by atoms with E-state index >= 15 is 0 Å². The van der Waals surface area contributed by atoms with Crippen LogP contribution in [0, 0.1) is 6.92 Å². The number of hydrogen-bond acceptors (Lipinski definition) is 3. The maximum atomic E-state index is 12.2. The number of phenolic OH excluding ortho intramolecular Hbond substituents is 1. The highest BCUT2D eigenvalue weighted by Crippen LogP contribution is 2.28. The second kappa shape index (κ2) is 5.41. The van der Waals surface area contributed by atoms with E-state index in [-0.39, 0.29) is 11.7 Å². The lowest BCUT2D eigenvalue weighted by Gasteiger charge is -2.09. The van der Waals surface area contributed by atoms with Gasteiger partial charge in [0.1, 0.15) is 5.75 Å². The Kier molecular flexibility index (Phi) is 3.43. The summed E-state index contributed by atoms with van der Waals surface area (Å²) < 4.78 is 0.